The molecule has 3 nitrogen and oxygen atoms in total. The molecule has 2 saturated heterocycles. The Bertz CT molecular complexity index is 270. The Morgan fingerprint density at radius 1 is 1.19 bits per heavy atom. The molecule has 0 aromatic carbocycles. The molecule has 3 aliphatic rings. The Labute approximate surface area is 97.6 Å². The van der Waals surface area contributed by atoms with Crippen LogP contribution in [-0.2, 0) is 4.79 Å². The number of rotatable bonds is 1. The average molecular weight is 222 g/mol. The molecule has 0 aromatic heterocycles. The predicted octanol–water partition coefficient (Wildman–Crippen LogP) is 1.39. The third-order valence-electron chi connectivity index (χ3n) is 4.65. The number of amides is 1. The first kappa shape index (κ1) is 10.6. The van der Waals surface area contributed by atoms with Gasteiger partial charge in [0.2, 0.25) is 5.91 Å². The Morgan fingerprint density at radius 3 is 2.56 bits per heavy atom. The second kappa shape index (κ2) is 4.02. The van der Waals surface area contributed by atoms with Crippen molar-refractivity contribution in [2.24, 2.45) is 11.3 Å². The van der Waals surface area contributed by atoms with Gasteiger partial charge in [0, 0.05) is 31.0 Å². The van der Waals surface area contributed by atoms with Crippen LogP contribution in [-0.4, -0.2) is 37.0 Å². The topological polar surface area (TPSA) is 32.3 Å². The van der Waals surface area contributed by atoms with E-state index in [1.165, 1.54) is 25.7 Å². The van der Waals surface area contributed by atoms with Crippen LogP contribution in [0.1, 0.15) is 38.5 Å². The lowest BCUT2D eigenvalue weighted by Gasteiger charge is -2.49. The number of likely N-dealkylation sites (tertiary alicyclic amines) is 1. The maximum absolute atomic E-state index is 12.2. The van der Waals surface area contributed by atoms with Crippen molar-refractivity contribution in [1.29, 1.82) is 0 Å². The van der Waals surface area contributed by atoms with Crippen LogP contribution < -0.4 is 5.32 Å². The molecule has 0 unspecified atom stereocenters. The lowest BCUT2D eigenvalue weighted by atomic mass is 9.77. The smallest absolute Gasteiger partial charge is 0.225 e. The lowest BCUT2D eigenvalue weighted by Crippen LogP contribution is -2.60. The number of carbonyl (C=O) groups excluding carboxylic acids is 1. The highest BCUT2D eigenvalue weighted by atomic mass is 16.2. The summed E-state index contributed by atoms with van der Waals surface area (Å²) in [5.41, 5.74) is 0.463. The van der Waals surface area contributed by atoms with Crippen LogP contribution in [0.25, 0.3) is 0 Å². The summed E-state index contributed by atoms with van der Waals surface area (Å²) < 4.78 is 0. The standard InChI is InChI=1S/C13H22N2O/c16-12(11-4-2-1-3-5-11)15-9-13(10-15)6-7-14-8-13/h11,14H,1-10H2. The molecule has 1 saturated carbocycles. The van der Waals surface area contributed by atoms with E-state index in [2.05, 4.69) is 10.2 Å². The van der Waals surface area contributed by atoms with E-state index in [1.54, 1.807) is 0 Å². The third kappa shape index (κ3) is 1.75. The molecule has 2 heterocycles. The highest BCUT2D eigenvalue weighted by molar-refractivity contribution is 5.80. The van der Waals surface area contributed by atoms with Gasteiger partial charge in [-0.3, -0.25) is 4.79 Å². The van der Waals surface area contributed by atoms with Crippen molar-refractivity contribution in [2.75, 3.05) is 26.2 Å². The van der Waals surface area contributed by atoms with Gasteiger partial charge in [-0.05, 0) is 25.8 Å². The van der Waals surface area contributed by atoms with Gasteiger partial charge in [0.1, 0.15) is 0 Å². The minimum absolute atomic E-state index is 0.362. The molecule has 0 bridgehead atoms. The first-order valence-electron chi connectivity index (χ1n) is 6.79. The number of carbonyl (C=O) groups is 1. The van der Waals surface area contributed by atoms with Gasteiger partial charge < -0.3 is 10.2 Å². The van der Waals surface area contributed by atoms with Gasteiger partial charge in [-0.25, -0.2) is 0 Å². The summed E-state index contributed by atoms with van der Waals surface area (Å²) in [5, 5.41) is 3.42. The van der Waals surface area contributed by atoms with Crippen LogP contribution in [0.4, 0.5) is 0 Å². The van der Waals surface area contributed by atoms with E-state index >= 15 is 0 Å². The molecule has 0 atom stereocenters. The molecule has 90 valence electrons. The molecule has 1 aliphatic carbocycles. The molecular weight excluding hydrogens is 200 g/mol. The van der Waals surface area contributed by atoms with E-state index in [4.69, 9.17) is 0 Å². The fraction of sp³-hybridized carbons (Fsp3) is 0.923. The quantitative estimate of drug-likeness (QED) is 0.727. The van der Waals surface area contributed by atoms with Crippen molar-refractivity contribution >= 4 is 5.91 Å². The van der Waals surface area contributed by atoms with Crippen molar-refractivity contribution in [2.45, 2.75) is 38.5 Å². The van der Waals surface area contributed by atoms with Crippen LogP contribution in [0.15, 0.2) is 0 Å². The molecule has 1 spiro atoms. The van der Waals surface area contributed by atoms with E-state index in [0.29, 0.717) is 17.2 Å². The average Bonchev–Trinajstić information content (AvgIpc) is 2.76. The van der Waals surface area contributed by atoms with E-state index in [9.17, 15) is 4.79 Å². The number of nitrogens with zero attached hydrogens (tertiary/aromatic N) is 1. The Morgan fingerprint density at radius 2 is 1.94 bits per heavy atom. The predicted molar refractivity (Wildman–Crippen MR) is 63.1 cm³/mol. The van der Waals surface area contributed by atoms with Gasteiger partial charge in [0.05, 0.1) is 0 Å². The second-order valence-electron chi connectivity index (χ2n) is 5.96. The van der Waals surface area contributed by atoms with Crippen LogP contribution >= 0.6 is 0 Å². The fourth-order valence-corrected chi connectivity index (χ4v) is 3.59. The number of hydrogen-bond donors (Lipinski definition) is 1. The van der Waals surface area contributed by atoms with E-state index in [1.807, 2.05) is 0 Å². The van der Waals surface area contributed by atoms with E-state index in [-0.39, 0.29) is 0 Å². The molecule has 3 heteroatoms. The second-order valence-corrected chi connectivity index (χ2v) is 5.96. The molecular formula is C13H22N2O. The van der Waals surface area contributed by atoms with Gasteiger partial charge in [-0.1, -0.05) is 19.3 Å². The number of nitrogens with one attached hydrogen (secondary N) is 1. The fourth-order valence-electron chi connectivity index (χ4n) is 3.59. The zero-order chi connectivity index (χ0) is 11.0. The first-order valence-corrected chi connectivity index (χ1v) is 6.79. The van der Waals surface area contributed by atoms with Gasteiger partial charge in [0.15, 0.2) is 0 Å². The zero-order valence-corrected chi connectivity index (χ0v) is 10.0. The zero-order valence-electron chi connectivity index (χ0n) is 10.0. The third-order valence-corrected chi connectivity index (χ3v) is 4.65. The van der Waals surface area contributed by atoms with Crippen LogP contribution in [0, 0.1) is 11.3 Å². The van der Waals surface area contributed by atoms with Gasteiger partial charge in [-0.15, -0.1) is 0 Å². The molecule has 3 fully saturated rings. The molecule has 0 radical (unpaired) electrons. The lowest BCUT2D eigenvalue weighted by molar-refractivity contribution is -0.147. The van der Waals surface area contributed by atoms with Crippen LogP contribution in [0.2, 0.25) is 0 Å². The monoisotopic (exact) mass is 222 g/mol. The Kier molecular flexibility index (Phi) is 2.66. The summed E-state index contributed by atoms with van der Waals surface area (Å²) in [5.74, 6) is 0.817. The summed E-state index contributed by atoms with van der Waals surface area (Å²) >= 11 is 0. The van der Waals surface area contributed by atoms with Crippen LogP contribution in [0.5, 0.6) is 0 Å². The van der Waals surface area contributed by atoms with Crippen LogP contribution in [0.3, 0.4) is 0 Å². The SMILES string of the molecule is O=C(C1CCCCC1)N1CC2(CCNC2)C1. The Hall–Kier alpha value is -0.570. The molecule has 1 amide bonds. The maximum Gasteiger partial charge on any atom is 0.225 e. The normalized spacial score (nSPS) is 29.4. The summed E-state index contributed by atoms with van der Waals surface area (Å²) in [6, 6.07) is 0. The maximum atomic E-state index is 12.2. The molecule has 2 aliphatic heterocycles. The minimum atomic E-state index is 0.362. The first-order chi connectivity index (χ1) is 7.79. The van der Waals surface area contributed by atoms with Gasteiger partial charge >= 0.3 is 0 Å². The van der Waals surface area contributed by atoms with Crippen molar-refractivity contribution in [3.05, 3.63) is 0 Å². The molecule has 0 aromatic rings. The largest absolute Gasteiger partial charge is 0.341 e. The van der Waals surface area contributed by atoms with Gasteiger partial charge in [-0.2, -0.15) is 0 Å². The van der Waals surface area contributed by atoms with Crippen molar-refractivity contribution in [1.82, 2.24) is 10.2 Å². The minimum Gasteiger partial charge on any atom is -0.341 e. The molecule has 16 heavy (non-hydrogen) atoms. The molecule has 3 rings (SSSR count). The molecule has 1 N–H and O–H groups in total. The highest BCUT2D eigenvalue weighted by Gasteiger charge is 2.47. The summed E-state index contributed by atoms with van der Waals surface area (Å²) in [7, 11) is 0. The van der Waals surface area contributed by atoms with Crippen molar-refractivity contribution in [3.63, 3.8) is 0 Å². The Balaban J connectivity index is 1.53. The summed E-state index contributed by atoms with van der Waals surface area (Å²) in [6.07, 6.45) is 7.40. The van der Waals surface area contributed by atoms with E-state index < -0.39 is 0 Å². The van der Waals surface area contributed by atoms with Crippen molar-refractivity contribution < 1.29 is 4.79 Å². The van der Waals surface area contributed by atoms with E-state index in [0.717, 1.165) is 39.0 Å². The summed E-state index contributed by atoms with van der Waals surface area (Å²) in [4.78, 5) is 14.3. The summed E-state index contributed by atoms with van der Waals surface area (Å²) in [6.45, 7) is 4.32. The number of hydrogen-bond acceptors (Lipinski definition) is 2. The van der Waals surface area contributed by atoms with Crippen molar-refractivity contribution in [3.8, 4) is 0 Å². The highest BCUT2D eigenvalue weighted by Crippen LogP contribution is 2.38. The van der Waals surface area contributed by atoms with Gasteiger partial charge in [0.25, 0.3) is 0 Å².